The first-order chi connectivity index (χ1) is 9.44. The van der Waals surface area contributed by atoms with E-state index in [0.29, 0.717) is 6.61 Å². The normalized spacial score (nSPS) is 18.6. The molecule has 1 aliphatic rings. The summed E-state index contributed by atoms with van der Waals surface area (Å²) in [6.07, 6.45) is 5.61. The molecule has 0 amide bonds. The largest absolute Gasteiger partial charge is 0.464 e. The third-order valence-electron chi connectivity index (χ3n) is 3.93. The molecule has 4 nitrogen and oxygen atoms in total. The van der Waals surface area contributed by atoms with Gasteiger partial charge in [0.1, 0.15) is 6.61 Å². The van der Waals surface area contributed by atoms with E-state index in [1.807, 2.05) is 33.0 Å². The van der Waals surface area contributed by atoms with Crippen molar-refractivity contribution < 1.29 is 9.53 Å². The number of esters is 1. The SMILES string of the molecule is CC(C)(C)C(=O)OCC1(c2cccnc2)CCNCC1. The van der Waals surface area contributed by atoms with Gasteiger partial charge in [-0.25, -0.2) is 0 Å². The quantitative estimate of drug-likeness (QED) is 0.861. The van der Waals surface area contributed by atoms with Crippen LogP contribution in [0.25, 0.3) is 0 Å². The van der Waals surface area contributed by atoms with Gasteiger partial charge in [-0.1, -0.05) is 6.07 Å². The molecule has 110 valence electrons. The third-order valence-corrected chi connectivity index (χ3v) is 3.93. The average molecular weight is 276 g/mol. The molecule has 20 heavy (non-hydrogen) atoms. The number of nitrogens with one attached hydrogen (secondary N) is 1. The molecule has 2 rings (SSSR count). The number of hydrogen-bond acceptors (Lipinski definition) is 4. The Labute approximate surface area is 120 Å². The molecule has 4 heteroatoms. The lowest BCUT2D eigenvalue weighted by atomic mass is 9.74. The number of nitrogens with zero attached hydrogens (tertiary/aromatic N) is 1. The lowest BCUT2D eigenvalue weighted by molar-refractivity contribution is -0.155. The van der Waals surface area contributed by atoms with Crippen LogP contribution in [0.3, 0.4) is 0 Å². The van der Waals surface area contributed by atoms with Crippen molar-refractivity contribution in [2.75, 3.05) is 19.7 Å². The molecular formula is C16H24N2O2. The maximum Gasteiger partial charge on any atom is 0.311 e. The van der Waals surface area contributed by atoms with Crippen LogP contribution in [0.1, 0.15) is 39.2 Å². The highest BCUT2D eigenvalue weighted by Crippen LogP contribution is 2.34. The minimum absolute atomic E-state index is 0.0968. The van der Waals surface area contributed by atoms with Crippen LogP contribution in [-0.2, 0) is 14.9 Å². The molecule has 2 heterocycles. The van der Waals surface area contributed by atoms with E-state index in [2.05, 4.69) is 16.4 Å². The maximum absolute atomic E-state index is 12.0. The second kappa shape index (κ2) is 5.92. The van der Waals surface area contributed by atoms with Gasteiger partial charge in [0.05, 0.1) is 5.41 Å². The number of pyridine rings is 1. The Morgan fingerprint density at radius 3 is 2.65 bits per heavy atom. The second-order valence-electron chi connectivity index (χ2n) is 6.60. The summed E-state index contributed by atoms with van der Waals surface area (Å²) < 4.78 is 5.61. The van der Waals surface area contributed by atoms with Crippen molar-refractivity contribution in [3.05, 3.63) is 30.1 Å². The number of piperidine rings is 1. The molecule has 1 N–H and O–H groups in total. The zero-order valence-electron chi connectivity index (χ0n) is 12.6. The van der Waals surface area contributed by atoms with Crippen LogP contribution in [0.5, 0.6) is 0 Å². The molecule has 0 aromatic carbocycles. The van der Waals surface area contributed by atoms with Crippen LogP contribution in [-0.4, -0.2) is 30.6 Å². The minimum Gasteiger partial charge on any atom is -0.464 e. The van der Waals surface area contributed by atoms with Gasteiger partial charge in [0.2, 0.25) is 0 Å². The topological polar surface area (TPSA) is 51.2 Å². The van der Waals surface area contributed by atoms with Crippen LogP contribution in [0.4, 0.5) is 0 Å². The summed E-state index contributed by atoms with van der Waals surface area (Å²) in [6.45, 7) is 7.98. The zero-order valence-corrected chi connectivity index (χ0v) is 12.6. The van der Waals surface area contributed by atoms with Gasteiger partial charge in [-0.15, -0.1) is 0 Å². The molecular weight excluding hydrogens is 252 g/mol. The standard InChI is InChI=1S/C16H24N2O2/c1-15(2,3)14(19)20-12-16(6-9-17-10-7-16)13-5-4-8-18-11-13/h4-5,8,11,17H,6-7,9-10,12H2,1-3H3. The first-order valence-corrected chi connectivity index (χ1v) is 7.23. The van der Waals surface area contributed by atoms with Crippen LogP contribution in [0.15, 0.2) is 24.5 Å². The zero-order chi connectivity index (χ0) is 14.6. The predicted molar refractivity (Wildman–Crippen MR) is 78.4 cm³/mol. The van der Waals surface area contributed by atoms with Gasteiger partial charge < -0.3 is 10.1 Å². The summed E-state index contributed by atoms with van der Waals surface area (Å²) in [5.41, 5.74) is 0.618. The number of hydrogen-bond donors (Lipinski definition) is 1. The van der Waals surface area contributed by atoms with Crippen molar-refractivity contribution in [3.63, 3.8) is 0 Å². The highest BCUT2D eigenvalue weighted by atomic mass is 16.5. The van der Waals surface area contributed by atoms with E-state index in [4.69, 9.17) is 4.74 Å². The molecule has 0 radical (unpaired) electrons. The van der Waals surface area contributed by atoms with Crippen LogP contribution < -0.4 is 5.32 Å². The molecule has 0 saturated carbocycles. The number of ether oxygens (including phenoxy) is 1. The van der Waals surface area contributed by atoms with Crippen molar-refractivity contribution in [3.8, 4) is 0 Å². The van der Waals surface area contributed by atoms with E-state index in [1.165, 1.54) is 5.56 Å². The summed E-state index contributed by atoms with van der Waals surface area (Å²) in [6, 6.07) is 4.04. The van der Waals surface area contributed by atoms with E-state index in [0.717, 1.165) is 25.9 Å². The Hall–Kier alpha value is -1.42. The van der Waals surface area contributed by atoms with Gasteiger partial charge >= 0.3 is 5.97 Å². The van der Waals surface area contributed by atoms with Gasteiger partial charge in [-0.2, -0.15) is 0 Å². The molecule has 0 atom stereocenters. The fourth-order valence-electron chi connectivity index (χ4n) is 2.52. The average Bonchev–Trinajstić information content (AvgIpc) is 2.45. The van der Waals surface area contributed by atoms with Gasteiger partial charge in [-0.05, 0) is 58.3 Å². The molecule has 0 bridgehead atoms. The highest BCUT2D eigenvalue weighted by molar-refractivity contribution is 5.75. The van der Waals surface area contributed by atoms with Crippen molar-refractivity contribution in [2.45, 2.75) is 39.0 Å². The molecule has 1 aliphatic heterocycles. The van der Waals surface area contributed by atoms with Crippen LogP contribution in [0, 0.1) is 5.41 Å². The number of aromatic nitrogens is 1. The lowest BCUT2D eigenvalue weighted by Crippen LogP contribution is -2.44. The van der Waals surface area contributed by atoms with Crippen molar-refractivity contribution in [2.24, 2.45) is 5.41 Å². The third kappa shape index (κ3) is 3.37. The molecule has 0 unspecified atom stereocenters. The minimum atomic E-state index is -0.455. The van der Waals surface area contributed by atoms with Gasteiger partial charge in [-0.3, -0.25) is 9.78 Å². The first-order valence-electron chi connectivity index (χ1n) is 7.23. The molecule has 1 saturated heterocycles. The molecule has 0 aliphatic carbocycles. The molecule has 1 aromatic rings. The van der Waals surface area contributed by atoms with E-state index >= 15 is 0 Å². The van der Waals surface area contributed by atoms with Crippen LogP contribution >= 0.6 is 0 Å². The Morgan fingerprint density at radius 1 is 1.40 bits per heavy atom. The first kappa shape index (κ1) is 15.0. The van der Waals surface area contributed by atoms with Crippen molar-refractivity contribution in [1.82, 2.24) is 10.3 Å². The Bertz CT molecular complexity index is 445. The van der Waals surface area contributed by atoms with Crippen LogP contribution in [0.2, 0.25) is 0 Å². The summed E-state index contributed by atoms with van der Waals surface area (Å²) in [7, 11) is 0. The highest BCUT2D eigenvalue weighted by Gasteiger charge is 2.36. The number of carbonyl (C=O) groups excluding carboxylic acids is 1. The Morgan fingerprint density at radius 2 is 2.10 bits per heavy atom. The Balaban J connectivity index is 2.14. The lowest BCUT2D eigenvalue weighted by Gasteiger charge is -2.37. The summed E-state index contributed by atoms with van der Waals surface area (Å²) >= 11 is 0. The van der Waals surface area contributed by atoms with Gasteiger partial charge in [0.15, 0.2) is 0 Å². The summed E-state index contributed by atoms with van der Waals surface area (Å²) in [4.78, 5) is 16.2. The molecule has 1 fully saturated rings. The smallest absolute Gasteiger partial charge is 0.311 e. The van der Waals surface area contributed by atoms with Gasteiger partial charge in [0, 0.05) is 17.8 Å². The predicted octanol–water partition coefficient (Wildman–Crippen LogP) is 2.29. The van der Waals surface area contributed by atoms with Crippen molar-refractivity contribution >= 4 is 5.97 Å². The summed E-state index contributed by atoms with van der Waals surface area (Å²) in [5.74, 6) is -0.140. The second-order valence-corrected chi connectivity index (χ2v) is 6.60. The fraction of sp³-hybridized carbons (Fsp3) is 0.625. The van der Waals surface area contributed by atoms with E-state index in [-0.39, 0.29) is 11.4 Å². The van der Waals surface area contributed by atoms with E-state index in [9.17, 15) is 4.79 Å². The Kier molecular flexibility index (Phi) is 4.43. The van der Waals surface area contributed by atoms with Gasteiger partial charge in [0.25, 0.3) is 0 Å². The maximum atomic E-state index is 12.0. The van der Waals surface area contributed by atoms with E-state index in [1.54, 1.807) is 6.20 Å². The number of carbonyl (C=O) groups is 1. The molecule has 1 aromatic heterocycles. The summed E-state index contributed by atoms with van der Waals surface area (Å²) in [5, 5.41) is 3.37. The van der Waals surface area contributed by atoms with E-state index < -0.39 is 5.41 Å². The monoisotopic (exact) mass is 276 g/mol. The van der Waals surface area contributed by atoms with Crippen molar-refractivity contribution in [1.29, 1.82) is 0 Å². The fourth-order valence-corrected chi connectivity index (χ4v) is 2.52. The molecule has 0 spiro atoms. The number of rotatable bonds is 3.